The average molecular weight is 221 g/mol. The molecule has 1 aromatic rings. The molecule has 3 heteroatoms. The number of nitrogens with zero attached hydrogens (tertiary/aromatic N) is 1. The number of hydrogen-bond donors (Lipinski definition) is 1. The Morgan fingerprint density at radius 2 is 1.88 bits per heavy atom. The van der Waals surface area contributed by atoms with E-state index in [0.29, 0.717) is 11.9 Å². The molecule has 0 amide bonds. The van der Waals surface area contributed by atoms with Gasteiger partial charge < -0.3 is 9.84 Å². The van der Waals surface area contributed by atoms with Gasteiger partial charge in [0, 0.05) is 26.7 Å². The molecule has 1 heterocycles. The summed E-state index contributed by atoms with van der Waals surface area (Å²) in [6.45, 7) is 3.16. The predicted octanol–water partition coefficient (Wildman–Crippen LogP) is 2.00. The van der Waals surface area contributed by atoms with E-state index in [1.54, 1.807) is 19.2 Å². The van der Waals surface area contributed by atoms with E-state index in [2.05, 4.69) is 4.90 Å². The van der Waals surface area contributed by atoms with Crippen LogP contribution in [0.1, 0.15) is 18.4 Å². The largest absolute Gasteiger partial charge is 0.508 e. The van der Waals surface area contributed by atoms with Crippen molar-refractivity contribution in [2.24, 2.45) is 0 Å². The van der Waals surface area contributed by atoms with E-state index in [1.807, 2.05) is 12.1 Å². The summed E-state index contributed by atoms with van der Waals surface area (Å²) >= 11 is 0. The van der Waals surface area contributed by atoms with Crippen LogP contribution >= 0.6 is 0 Å². The first kappa shape index (κ1) is 11.4. The molecular formula is C13H19NO2. The first-order chi connectivity index (χ1) is 7.78. The van der Waals surface area contributed by atoms with Crippen molar-refractivity contribution in [2.75, 3.05) is 20.2 Å². The number of phenols is 1. The van der Waals surface area contributed by atoms with Crippen molar-refractivity contribution in [3.63, 3.8) is 0 Å². The van der Waals surface area contributed by atoms with Crippen LogP contribution in [0, 0.1) is 0 Å². The Kier molecular flexibility index (Phi) is 3.80. The SMILES string of the molecule is COC1CCN(Cc2ccc(O)cc2)CC1. The molecule has 0 bridgehead atoms. The highest BCUT2D eigenvalue weighted by molar-refractivity contribution is 5.25. The lowest BCUT2D eigenvalue weighted by atomic mass is 10.1. The van der Waals surface area contributed by atoms with E-state index in [0.717, 1.165) is 32.5 Å². The molecule has 88 valence electrons. The highest BCUT2D eigenvalue weighted by Crippen LogP contribution is 2.17. The number of methoxy groups -OCH3 is 1. The Bertz CT molecular complexity index is 315. The third-order valence-corrected chi connectivity index (χ3v) is 3.21. The van der Waals surface area contributed by atoms with E-state index in [4.69, 9.17) is 4.74 Å². The predicted molar refractivity (Wildman–Crippen MR) is 63.4 cm³/mol. The molecule has 1 N–H and O–H groups in total. The lowest BCUT2D eigenvalue weighted by molar-refractivity contribution is 0.0388. The smallest absolute Gasteiger partial charge is 0.115 e. The summed E-state index contributed by atoms with van der Waals surface area (Å²) in [4.78, 5) is 2.43. The van der Waals surface area contributed by atoms with Crippen molar-refractivity contribution in [1.82, 2.24) is 4.90 Å². The van der Waals surface area contributed by atoms with Gasteiger partial charge in [0.15, 0.2) is 0 Å². The minimum absolute atomic E-state index is 0.335. The van der Waals surface area contributed by atoms with Crippen LogP contribution in [0.5, 0.6) is 5.75 Å². The molecule has 2 rings (SSSR count). The summed E-state index contributed by atoms with van der Waals surface area (Å²) in [5.74, 6) is 0.335. The van der Waals surface area contributed by atoms with Crippen LogP contribution in [0.2, 0.25) is 0 Å². The third kappa shape index (κ3) is 2.97. The Hall–Kier alpha value is -1.06. The Morgan fingerprint density at radius 3 is 2.44 bits per heavy atom. The maximum absolute atomic E-state index is 9.20. The quantitative estimate of drug-likeness (QED) is 0.847. The van der Waals surface area contributed by atoms with Crippen LogP contribution in [-0.2, 0) is 11.3 Å². The van der Waals surface area contributed by atoms with Crippen molar-refractivity contribution in [1.29, 1.82) is 0 Å². The van der Waals surface area contributed by atoms with Gasteiger partial charge in [-0.05, 0) is 30.5 Å². The van der Waals surface area contributed by atoms with Crippen molar-refractivity contribution < 1.29 is 9.84 Å². The molecule has 0 radical (unpaired) electrons. The maximum Gasteiger partial charge on any atom is 0.115 e. The maximum atomic E-state index is 9.20. The van der Waals surface area contributed by atoms with Gasteiger partial charge in [0.25, 0.3) is 0 Å². The van der Waals surface area contributed by atoms with Gasteiger partial charge in [0.05, 0.1) is 6.10 Å². The van der Waals surface area contributed by atoms with Crippen molar-refractivity contribution in [3.8, 4) is 5.75 Å². The van der Waals surface area contributed by atoms with Gasteiger partial charge in [-0.2, -0.15) is 0 Å². The van der Waals surface area contributed by atoms with Crippen LogP contribution in [-0.4, -0.2) is 36.3 Å². The summed E-state index contributed by atoms with van der Waals surface area (Å²) in [7, 11) is 1.79. The van der Waals surface area contributed by atoms with Gasteiger partial charge >= 0.3 is 0 Å². The standard InChI is InChI=1S/C13H19NO2/c1-16-13-6-8-14(9-7-13)10-11-2-4-12(15)5-3-11/h2-5,13,15H,6-10H2,1H3. The van der Waals surface area contributed by atoms with Crippen molar-refractivity contribution in [3.05, 3.63) is 29.8 Å². The van der Waals surface area contributed by atoms with Crippen LogP contribution in [0.15, 0.2) is 24.3 Å². The zero-order chi connectivity index (χ0) is 11.4. The summed E-state index contributed by atoms with van der Waals surface area (Å²) in [5, 5.41) is 9.20. The van der Waals surface area contributed by atoms with Crippen LogP contribution in [0.4, 0.5) is 0 Å². The minimum atomic E-state index is 0.335. The van der Waals surface area contributed by atoms with Gasteiger partial charge in [-0.25, -0.2) is 0 Å². The molecule has 1 aromatic carbocycles. The molecule has 0 unspecified atom stereocenters. The van der Waals surface area contributed by atoms with Crippen LogP contribution < -0.4 is 0 Å². The van der Waals surface area contributed by atoms with Crippen molar-refractivity contribution >= 4 is 0 Å². The number of likely N-dealkylation sites (tertiary alicyclic amines) is 1. The minimum Gasteiger partial charge on any atom is -0.508 e. The third-order valence-electron chi connectivity index (χ3n) is 3.21. The zero-order valence-electron chi connectivity index (χ0n) is 9.72. The van der Waals surface area contributed by atoms with Crippen molar-refractivity contribution in [2.45, 2.75) is 25.5 Å². The lowest BCUT2D eigenvalue weighted by Gasteiger charge is -2.31. The number of piperidine rings is 1. The van der Waals surface area contributed by atoms with E-state index in [1.165, 1.54) is 5.56 Å². The van der Waals surface area contributed by atoms with E-state index in [9.17, 15) is 5.11 Å². The zero-order valence-corrected chi connectivity index (χ0v) is 9.72. The topological polar surface area (TPSA) is 32.7 Å². The highest BCUT2D eigenvalue weighted by atomic mass is 16.5. The molecule has 1 aliphatic rings. The first-order valence-corrected chi connectivity index (χ1v) is 5.81. The van der Waals surface area contributed by atoms with E-state index in [-0.39, 0.29) is 0 Å². The van der Waals surface area contributed by atoms with Crippen LogP contribution in [0.25, 0.3) is 0 Å². The molecule has 1 aliphatic heterocycles. The van der Waals surface area contributed by atoms with Gasteiger partial charge in [0.2, 0.25) is 0 Å². The number of rotatable bonds is 3. The van der Waals surface area contributed by atoms with Gasteiger partial charge in [-0.1, -0.05) is 12.1 Å². The highest BCUT2D eigenvalue weighted by Gasteiger charge is 2.18. The summed E-state index contributed by atoms with van der Waals surface area (Å²) in [5.41, 5.74) is 1.26. The summed E-state index contributed by atoms with van der Waals surface area (Å²) in [6, 6.07) is 7.46. The molecule has 0 spiro atoms. The number of benzene rings is 1. The number of ether oxygens (including phenoxy) is 1. The molecule has 3 nitrogen and oxygen atoms in total. The van der Waals surface area contributed by atoms with Gasteiger partial charge in [-0.15, -0.1) is 0 Å². The normalized spacial score (nSPS) is 18.8. The van der Waals surface area contributed by atoms with E-state index >= 15 is 0 Å². The number of phenolic OH excluding ortho intramolecular Hbond substituents is 1. The fourth-order valence-electron chi connectivity index (χ4n) is 2.16. The van der Waals surface area contributed by atoms with Gasteiger partial charge in [-0.3, -0.25) is 4.90 Å². The Labute approximate surface area is 96.6 Å². The average Bonchev–Trinajstić information content (AvgIpc) is 2.33. The van der Waals surface area contributed by atoms with Crippen LogP contribution in [0.3, 0.4) is 0 Å². The van der Waals surface area contributed by atoms with E-state index < -0.39 is 0 Å². The molecule has 0 atom stereocenters. The molecule has 0 aromatic heterocycles. The first-order valence-electron chi connectivity index (χ1n) is 5.81. The molecule has 1 saturated heterocycles. The lowest BCUT2D eigenvalue weighted by Crippen LogP contribution is -2.36. The molecule has 1 fully saturated rings. The molecule has 16 heavy (non-hydrogen) atoms. The number of hydrogen-bond acceptors (Lipinski definition) is 3. The second-order valence-corrected chi connectivity index (χ2v) is 4.38. The summed E-state index contributed by atoms with van der Waals surface area (Å²) in [6.07, 6.45) is 2.68. The second kappa shape index (κ2) is 5.32. The Morgan fingerprint density at radius 1 is 1.25 bits per heavy atom. The molecular weight excluding hydrogens is 202 g/mol. The second-order valence-electron chi connectivity index (χ2n) is 4.38. The molecule has 0 saturated carbocycles. The fourth-order valence-corrected chi connectivity index (χ4v) is 2.16. The van der Waals surface area contributed by atoms with Gasteiger partial charge in [0.1, 0.15) is 5.75 Å². The summed E-state index contributed by atoms with van der Waals surface area (Å²) < 4.78 is 5.35. The Balaban J connectivity index is 1.84. The molecule has 0 aliphatic carbocycles. The number of aromatic hydroxyl groups is 1. The monoisotopic (exact) mass is 221 g/mol. The fraction of sp³-hybridized carbons (Fsp3) is 0.538.